The zero-order valence-electron chi connectivity index (χ0n) is 11.0. The Hall–Kier alpha value is -1.39. The molecule has 1 N–H and O–H groups in total. The minimum atomic E-state index is -0.858. The number of aromatic carboxylic acids is 1. The molecule has 0 radical (unpaired) electrons. The van der Waals surface area contributed by atoms with Crippen LogP contribution in [0.25, 0.3) is 0 Å². The van der Waals surface area contributed by atoms with Crippen molar-refractivity contribution in [3.05, 3.63) is 35.4 Å². The van der Waals surface area contributed by atoms with Gasteiger partial charge in [-0.1, -0.05) is 12.1 Å². The van der Waals surface area contributed by atoms with Gasteiger partial charge >= 0.3 is 5.97 Å². The number of carboxylic acids is 1. The molecule has 1 unspecified atom stereocenters. The van der Waals surface area contributed by atoms with Gasteiger partial charge in [0.1, 0.15) is 0 Å². The molecule has 1 aliphatic rings. The van der Waals surface area contributed by atoms with Crippen LogP contribution in [0.2, 0.25) is 0 Å². The van der Waals surface area contributed by atoms with Crippen molar-refractivity contribution in [2.45, 2.75) is 19.5 Å². The van der Waals surface area contributed by atoms with Crippen LogP contribution in [0.1, 0.15) is 22.8 Å². The van der Waals surface area contributed by atoms with Crippen molar-refractivity contribution in [1.29, 1.82) is 0 Å². The van der Waals surface area contributed by atoms with Crippen LogP contribution in [0.3, 0.4) is 0 Å². The van der Waals surface area contributed by atoms with Crippen molar-refractivity contribution < 1.29 is 9.90 Å². The second kappa shape index (κ2) is 5.50. The zero-order valence-corrected chi connectivity index (χ0v) is 11.0. The maximum absolute atomic E-state index is 10.9. The van der Waals surface area contributed by atoms with Crippen LogP contribution < -0.4 is 0 Å². The summed E-state index contributed by atoms with van der Waals surface area (Å²) in [5.41, 5.74) is 1.45. The molecule has 4 heteroatoms. The number of rotatable bonds is 3. The van der Waals surface area contributed by atoms with E-state index in [9.17, 15) is 4.79 Å². The molecule has 98 valence electrons. The third kappa shape index (κ3) is 3.09. The molecule has 1 heterocycles. The summed E-state index contributed by atoms with van der Waals surface area (Å²) in [4.78, 5) is 15.7. The summed E-state index contributed by atoms with van der Waals surface area (Å²) in [7, 11) is 2.15. The van der Waals surface area contributed by atoms with Gasteiger partial charge in [-0.15, -0.1) is 0 Å². The SMILES string of the molecule is CC1CN(Cc2cccc(C(=O)O)c2)CCN1C. The highest BCUT2D eigenvalue weighted by molar-refractivity contribution is 5.87. The maximum Gasteiger partial charge on any atom is 0.335 e. The van der Waals surface area contributed by atoms with Gasteiger partial charge in [0.15, 0.2) is 0 Å². The first-order valence-corrected chi connectivity index (χ1v) is 6.31. The lowest BCUT2D eigenvalue weighted by Gasteiger charge is -2.37. The molecule has 1 aliphatic heterocycles. The summed E-state index contributed by atoms with van der Waals surface area (Å²) in [6.07, 6.45) is 0. The summed E-state index contributed by atoms with van der Waals surface area (Å²) in [6, 6.07) is 7.78. The van der Waals surface area contributed by atoms with Gasteiger partial charge in [-0.3, -0.25) is 4.90 Å². The van der Waals surface area contributed by atoms with E-state index in [-0.39, 0.29) is 0 Å². The predicted molar refractivity (Wildman–Crippen MR) is 70.8 cm³/mol. The van der Waals surface area contributed by atoms with Crippen LogP contribution in [0.4, 0.5) is 0 Å². The van der Waals surface area contributed by atoms with Crippen molar-refractivity contribution in [3.8, 4) is 0 Å². The lowest BCUT2D eigenvalue weighted by atomic mass is 10.1. The molecule has 1 saturated heterocycles. The van der Waals surface area contributed by atoms with E-state index in [1.54, 1.807) is 12.1 Å². The van der Waals surface area contributed by atoms with Gasteiger partial charge in [0.2, 0.25) is 0 Å². The average Bonchev–Trinajstić information content (AvgIpc) is 2.34. The normalized spacial score (nSPS) is 22.0. The molecule has 2 rings (SSSR count). The van der Waals surface area contributed by atoms with Crippen LogP contribution in [0.15, 0.2) is 24.3 Å². The first kappa shape index (κ1) is 13.1. The van der Waals surface area contributed by atoms with Crippen LogP contribution in [-0.2, 0) is 6.54 Å². The number of nitrogens with zero attached hydrogens (tertiary/aromatic N) is 2. The van der Waals surface area contributed by atoms with Crippen molar-refractivity contribution in [2.75, 3.05) is 26.7 Å². The Morgan fingerprint density at radius 1 is 1.44 bits per heavy atom. The van der Waals surface area contributed by atoms with Crippen molar-refractivity contribution in [1.82, 2.24) is 9.80 Å². The Labute approximate surface area is 108 Å². The fourth-order valence-electron chi connectivity index (χ4n) is 2.33. The number of carboxylic acid groups (broad SMARTS) is 1. The highest BCUT2D eigenvalue weighted by Crippen LogP contribution is 2.13. The largest absolute Gasteiger partial charge is 0.478 e. The third-order valence-corrected chi connectivity index (χ3v) is 3.62. The summed E-state index contributed by atoms with van der Waals surface area (Å²) < 4.78 is 0. The van der Waals surface area contributed by atoms with Gasteiger partial charge in [0, 0.05) is 32.2 Å². The molecule has 0 saturated carbocycles. The molecular formula is C14H20N2O2. The summed E-state index contributed by atoms with van der Waals surface area (Å²) in [5, 5.41) is 8.97. The molecule has 0 bridgehead atoms. The van der Waals surface area contributed by atoms with Crippen LogP contribution in [-0.4, -0.2) is 53.6 Å². The molecular weight excluding hydrogens is 228 g/mol. The second-order valence-electron chi connectivity index (χ2n) is 5.07. The van der Waals surface area contributed by atoms with Crippen molar-refractivity contribution in [3.63, 3.8) is 0 Å². The van der Waals surface area contributed by atoms with Crippen LogP contribution in [0, 0.1) is 0 Å². The van der Waals surface area contributed by atoms with E-state index < -0.39 is 5.97 Å². The van der Waals surface area contributed by atoms with E-state index in [0.717, 1.165) is 31.7 Å². The van der Waals surface area contributed by atoms with E-state index in [2.05, 4.69) is 23.8 Å². The minimum absolute atomic E-state index is 0.370. The first-order valence-electron chi connectivity index (χ1n) is 6.31. The minimum Gasteiger partial charge on any atom is -0.478 e. The molecule has 18 heavy (non-hydrogen) atoms. The fraction of sp³-hybridized carbons (Fsp3) is 0.500. The van der Waals surface area contributed by atoms with Gasteiger partial charge in [-0.05, 0) is 31.7 Å². The maximum atomic E-state index is 10.9. The van der Waals surface area contributed by atoms with Crippen LogP contribution in [0.5, 0.6) is 0 Å². The summed E-state index contributed by atoms with van der Waals surface area (Å²) in [6.45, 7) is 6.20. The average molecular weight is 248 g/mol. The Kier molecular flexibility index (Phi) is 3.99. The van der Waals surface area contributed by atoms with Gasteiger partial charge in [0.05, 0.1) is 5.56 Å². The molecule has 1 aromatic rings. The lowest BCUT2D eigenvalue weighted by molar-refractivity contribution is 0.0696. The lowest BCUT2D eigenvalue weighted by Crippen LogP contribution is -2.49. The van der Waals surface area contributed by atoms with E-state index in [0.29, 0.717) is 11.6 Å². The molecule has 0 aliphatic carbocycles. The van der Waals surface area contributed by atoms with E-state index in [4.69, 9.17) is 5.11 Å². The van der Waals surface area contributed by atoms with Gasteiger partial charge in [-0.25, -0.2) is 4.79 Å². The number of benzene rings is 1. The second-order valence-corrected chi connectivity index (χ2v) is 5.07. The zero-order chi connectivity index (χ0) is 13.1. The molecule has 1 fully saturated rings. The number of piperazine rings is 1. The Balaban J connectivity index is 2.01. The summed E-state index contributed by atoms with van der Waals surface area (Å²) in [5.74, 6) is -0.858. The molecule has 0 amide bonds. The molecule has 4 nitrogen and oxygen atoms in total. The topological polar surface area (TPSA) is 43.8 Å². The third-order valence-electron chi connectivity index (χ3n) is 3.62. The Morgan fingerprint density at radius 3 is 2.89 bits per heavy atom. The van der Waals surface area contributed by atoms with E-state index in [1.165, 1.54) is 0 Å². The smallest absolute Gasteiger partial charge is 0.335 e. The number of carbonyl (C=O) groups is 1. The fourth-order valence-corrected chi connectivity index (χ4v) is 2.33. The monoisotopic (exact) mass is 248 g/mol. The standard InChI is InChI=1S/C14H20N2O2/c1-11-9-16(7-6-15(11)2)10-12-4-3-5-13(8-12)14(17)18/h3-5,8,11H,6-7,9-10H2,1-2H3,(H,17,18). The van der Waals surface area contributed by atoms with E-state index in [1.807, 2.05) is 12.1 Å². The number of hydrogen-bond acceptors (Lipinski definition) is 3. The number of hydrogen-bond donors (Lipinski definition) is 1. The quantitative estimate of drug-likeness (QED) is 0.881. The van der Waals surface area contributed by atoms with Gasteiger partial charge < -0.3 is 10.0 Å². The highest BCUT2D eigenvalue weighted by Gasteiger charge is 2.20. The van der Waals surface area contributed by atoms with E-state index >= 15 is 0 Å². The predicted octanol–water partition coefficient (Wildman–Crippen LogP) is 1.52. The van der Waals surface area contributed by atoms with Crippen molar-refractivity contribution in [2.24, 2.45) is 0 Å². The molecule has 0 aromatic heterocycles. The van der Waals surface area contributed by atoms with Gasteiger partial charge in [-0.2, -0.15) is 0 Å². The first-order chi connectivity index (χ1) is 8.56. The van der Waals surface area contributed by atoms with Crippen molar-refractivity contribution >= 4 is 5.97 Å². The Morgan fingerprint density at radius 2 is 2.22 bits per heavy atom. The molecule has 1 aromatic carbocycles. The summed E-state index contributed by atoms with van der Waals surface area (Å²) >= 11 is 0. The Bertz CT molecular complexity index is 434. The highest BCUT2D eigenvalue weighted by atomic mass is 16.4. The molecule has 1 atom stereocenters. The van der Waals surface area contributed by atoms with Gasteiger partial charge in [0.25, 0.3) is 0 Å². The molecule has 0 spiro atoms. The number of likely N-dealkylation sites (N-methyl/N-ethyl adjacent to an activating group) is 1. The van der Waals surface area contributed by atoms with Crippen LogP contribution >= 0.6 is 0 Å².